The Morgan fingerprint density at radius 1 is 1.38 bits per heavy atom. The summed E-state index contributed by atoms with van der Waals surface area (Å²) in [5, 5.41) is 9.99. The van der Waals surface area contributed by atoms with Crippen molar-refractivity contribution in [2.45, 2.75) is 25.9 Å². The number of fused-ring (bicyclic) bond motifs is 1. The highest BCUT2D eigenvalue weighted by atomic mass is 16.7. The number of benzene rings is 1. The average Bonchev–Trinajstić information content (AvgIpc) is 2.74. The number of hydrogen-bond acceptors (Lipinski definition) is 4. The summed E-state index contributed by atoms with van der Waals surface area (Å²) in [7, 11) is 0. The van der Waals surface area contributed by atoms with Gasteiger partial charge in [0.1, 0.15) is 0 Å². The van der Waals surface area contributed by atoms with Gasteiger partial charge in [0.25, 0.3) is 0 Å². The molecule has 2 rings (SSSR count). The molecule has 0 saturated heterocycles. The minimum Gasteiger partial charge on any atom is -0.454 e. The van der Waals surface area contributed by atoms with Crippen LogP contribution in [-0.4, -0.2) is 18.4 Å². The zero-order valence-corrected chi connectivity index (χ0v) is 9.40. The Bertz CT molecular complexity index is 379. The van der Waals surface area contributed by atoms with Gasteiger partial charge in [0, 0.05) is 0 Å². The summed E-state index contributed by atoms with van der Waals surface area (Å²) < 4.78 is 10.6. The Hall–Kier alpha value is -1.26. The Labute approximate surface area is 95.0 Å². The lowest BCUT2D eigenvalue weighted by Gasteiger charge is -2.14. The smallest absolute Gasteiger partial charge is 0.231 e. The van der Waals surface area contributed by atoms with Gasteiger partial charge in [-0.2, -0.15) is 0 Å². The van der Waals surface area contributed by atoms with Crippen molar-refractivity contribution in [2.75, 3.05) is 13.3 Å². The Kier molecular flexibility index (Phi) is 3.31. The van der Waals surface area contributed by atoms with Crippen molar-refractivity contribution in [1.82, 2.24) is 0 Å². The van der Waals surface area contributed by atoms with Crippen LogP contribution >= 0.6 is 0 Å². The molecule has 0 amide bonds. The zero-order valence-electron chi connectivity index (χ0n) is 9.40. The molecule has 88 valence electrons. The van der Waals surface area contributed by atoms with E-state index >= 15 is 0 Å². The topological polar surface area (TPSA) is 64.7 Å². The van der Waals surface area contributed by atoms with Gasteiger partial charge in [-0.1, -0.05) is 6.92 Å². The van der Waals surface area contributed by atoms with Crippen molar-refractivity contribution in [1.29, 1.82) is 0 Å². The zero-order chi connectivity index (χ0) is 11.5. The highest BCUT2D eigenvalue weighted by Gasteiger charge is 2.19. The fraction of sp³-hybridized carbons (Fsp3) is 0.500. The van der Waals surface area contributed by atoms with E-state index in [2.05, 4.69) is 6.92 Å². The van der Waals surface area contributed by atoms with Crippen LogP contribution in [0.1, 0.15) is 30.6 Å². The second-order valence-electron chi connectivity index (χ2n) is 3.85. The van der Waals surface area contributed by atoms with Gasteiger partial charge in [0.2, 0.25) is 6.79 Å². The van der Waals surface area contributed by atoms with Gasteiger partial charge < -0.3 is 20.3 Å². The van der Waals surface area contributed by atoms with Crippen molar-refractivity contribution >= 4 is 0 Å². The van der Waals surface area contributed by atoms with Crippen molar-refractivity contribution in [3.05, 3.63) is 23.3 Å². The molecule has 3 N–H and O–H groups in total. The summed E-state index contributed by atoms with van der Waals surface area (Å²) in [6.45, 7) is 2.78. The molecule has 0 fully saturated rings. The summed E-state index contributed by atoms with van der Waals surface area (Å²) in [4.78, 5) is 0. The van der Waals surface area contributed by atoms with Crippen LogP contribution in [-0.2, 0) is 6.42 Å². The fourth-order valence-corrected chi connectivity index (χ4v) is 1.93. The van der Waals surface area contributed by atoms with Gasteiger partial charge in [-0.05, 0) is 42.6 Å². The van der Waals surface area contributed by atoms with E-state index in [1.165, 1.54) is 0 Å². The number of nitrogens with two attached hydrogens (primary N) is 1. The van der Waals surface area contributed by atoms with Crippen LogP contribution in [0.2, 0.25) is 0 Å². The van der Waals surface area contributed by atoms with Crippen molar-refractivity contribution in [3.8, 4) is 11.5 Å². The molecule has 0 aromatic heterocycles. The van der Waals surface area contributed by atoms with Crippen LogP contribution < -0.4 is 15.2 Å². The van der Waals surface area contributed by atoms with Crippen LogP contribution in [0.25, 0.3) is 0 Å². The Balaban J connectivity index is 2.35. The minimum atomic E-state index is -0.519. The molecule has 0 saturated carbocycles. The first-order chi connectivity index (χ1) is 7.76. The molecule has 0 spiro atoms. The normalized spacial score (nSPS) is 15.2. The van der Waals surface area contributed by atoms with E-state index in [0.717, 1.165) is 23.3 Å². The first-order valence-electron chi connectivity index (χ1n) is 5.56. The summed E-state index contributed by atoms with van der Waals surface area (Å²) in [6, 6.07) is 3.80. The molecule has 1 heterocycles. The number of aliphatic hydroxyl groups excluding tert-OH is 1. The number of aliphatic hydroxyl groups is 1. The quantitative estimate of drug-likeness (QED) is 0.809. The molecule has 1 aromatic rings. The summed E-state index contributed by atoms with van der Waals surface area (Å²) in [5.74, 6) is 1.48. The van der Waals surface area contributed by atoms with E-state index in [-0.39, 0.29) is 6.79 Å². The second kappa shape index (κ2) is 4.72. The molecule has 16 heavy (non-hydrogen) atoms. The van der Waals surface area contributed by atoms with Gasteiger partial charge in [0.05, 0.1) is 6.10 Å². The van der Waals surface area contributed by atoms with Gasteiger partial charge >= 0.3 is 0 Å². The van der Waals surface area contributed by atoms with E-state index in [9.17, 15) is 5.11 Å². The minimum absolute atomic E-state index is 0.259. The first kappa shape index (κ1) is 11.2. The fourth-order valence-electron chi connectivity index (χ4n) is 1.93. The third-order valence-corrected chi connectivity index (χ3v) is 2.81. The summed E-state index contributed by atoms with van der Waals surface area (Å²) in [6.07, 6.45) is 0.898. The number of rotatable bonds is 4. The first-order valence-corrected chi connectivity index (χ1v) is 5.56. The highest BCUT2D eigenvalue weighted by Crippen LogP contribution is 2.37. The maximum Gasteiger partial charge on any atom is 0.231 e. The molecule has 1 aromatic carbocycles. The summed E-state index contributed by atoms with van der Waals surface area (Å²) in [5.41, 5.74) is 7.44. The predicted molar refractivity (Wildman–Crippen MR) is 60.6 cm³/mol. The van der Waals surface area contributed by atoms with Crippen molar-refractivity contribution < 1.29 is 14.6 Å². The van der Waals surface area contributed by atoms with E-state index in [4.69, 9.17) is 15.2 Å². The number of hydrogen-bond donors (Lipinski definition) is 2. The molecule has 1 unspecified atom stereocenters. The predicted octanol–water partition coefficient (Wildman–Crippen LogP) is 1.36. The van der Waals surface area contributed by atoms with Crippen LogP contribution in [0.15, 0.2) is 12.1 Å². The lowest BCUT2D eigenvalue weighted by Crippen LogP contribution is -2.08. The molecular weight excluding hydrogens is 206 g/mol. The van der Waals surface area contributed by atoms with E-state index < -0.39 is 6.10 Å². The number of aryl methyl sites for hydroxylation is 1. The van der Waals surface area contributed by atoms with Crippen molar-refractivity contribution in [2.24, 2.45) is 5.73 Å². The van der Waals surface area contributed by atoms with Crippen LogP contribution in [0.3, 0.4) is 0 Å². The molecule has 4 heteroatoms. The Morgan fingerprint density at radius 2 is 2.06 bits per heavy atom. The average molecular weight is 223 g/mol. The molecule has 1 atom stereocenters. The molecule has 1 aliphatic heterocycles. The lowest BCUT2D eigenvalue weighted by molar-refractivity contribution is 0.167. The monoisotopic (exact) mass is 223 g/mol. The standard InChI is InChI=1S/C12H17NO3/c1-2-8-5-11-12(16-7-15-11)6-9(8)10(14)3-4-13/h5-6,10,14H,2-4,7,13H2,1H3. The van der Waals surface area contributed by atoms with Gasteiger partial charge in [0.15, 0.2) is 11.5 Å². The second-order valence-corrected chi connectivity index (χ2v) is 3.85. The van der Waals surface area contributed by atoms with Gasteiger partial charge in [-0.3, -0.25) is 0 Å². The summed E-state index contributed by atoms with van der Waals surface area (Å²) >= 11 is 0. The molecule has 0 radical (unpaired) electrons. The third-order valence-electron chi connectivity index (χ3n) is 2.81. The number of ether oxygens (including phenoxy) is 2. The SMILES string of the molecule is CCc1cc2c(cc1C(O)CCN)OCO2. The third kappa shape index (κ3) is 1.99. The van der Waals surface area contributed by atoms with Crippen LogP contribution in [0, 0.1) is 0 Å². The lowest BCUT2D eigenvalue weighted by atomic mass is 9.97. The molecule has 0 bridgehead atoms. The molecule has 0 aliphatic carbocycles. The molecule has 4 nitrogen and oxygen atoms in total. The van der Waals surface area contributed by atoms with E-state index in [1.807, 2.05) is 12.1 Å². The maximum atomic E-state index is 9.99. The maximum absolute atomic E-state index is 9.99. The van der Waals surface area contributed by atoms with Gasteiger partial charge in [-0.15, -0.1) is 0 Å². The van der Waals surface area contributed by atoms with Crippen LogP contribution in [0.5, 0.6) is 11.5 Å². The van der Waals surface area contributed by atoms with Crippen LogP contribution in [0.4, 0.5) is 0 Å². The van der Waals surface area contributed by atoms with Gasteiger partial charge in [-0.25, -0.2) is 0 Å². The Morgan fingerprint density at radius 3 is 2.69 bits per heavy atom. The molecular formula is C12H17NO3. The largest absolute Gasteiger partial charge is 0.454 e. The van der Waals surface area contributed by atoms with E-state index in [1.54, 1.807) is 0 Å². The van der Waals surface area contributed by atoms with E-state index in [0.29, 0.717) is 18.7 Å². The van der Waals surface area contributed by atoms with Crippen molar-refractivity contribution in [3.63, 3.8) is 0 Å². The molecule has 1 aliphatic rings. The highest BCUT2D eigenvalue weighted by molar-refractivity contribution is 5.49.